The summed E-state index contributed by atoms with van der Waals surface area (Å²) >= 11 is 0. The van der Waals surface area contributed by atoms with Crippen molar-refractivity contribution in [1.82, 2.24) is 0 Å². The molecule has 2 unspecified atom stereocenters. The molecule has 0 aliphatic heterocycles. The van der Waals surface area contributed by atoms with E-state index < -0.39 is 6.17 Å². The molecule has 0 rings (SSSR count). The molecule has 0 aromatic heterocycles. The summed E-state index contributed by atoms with van der Waals surface area (Å²) in [4.78, 5) is 0. The summed E-state index contributed by atoms with van der Waals surface area (Å²) in [6.07, 6.45) is 4.46. The zero-order valence-electron chi connectivity index (χ0n) is 9.65. The molecule has 0 spiro atoms. The summed E-state index contributed by atoms with van der Waals surface area (Å²) in [5.74, 6) is 1.37. The van der Waals surface area contributed by atoms with Gasteiger partial charge in [-0.25, -0.2) is 4.39 Å². The second-order valence-electron chi connectivity index (χ2n) is 4.49. The van der Waals surface area contributed by atoms with Gasteiger partial charge in [0, 0.05) is 0 Å². The Morgan fingerprint density at radius 2 is 1.62 bits per heavy atom. The maximum atomic E-state index is 13.1. The van der Waals surface area contributed by atoms with Crippen LogP contribution in [0.15, 0.2) is 0 Å². The largest absolute Gasteiger partial charge is 0.247 e. The highest BCUT2D eigenvalue weighted by Crippen LogP contribution is 2.22. The van der Waals surface area contributed by atoms with Gasteiger partial charge in [-0.1, -0.05) is 47.0 Å². The van der Waals surface area contributed by atoms with Crippen molar-refractivity contribution >= 4 is 0 Å². The maximum absolute atomic E-state index is 13.1. The molecular formula is C12H25F. The molecule has 0 radical (unpaired) electrons. The first-order chi connectivity index (χ1) is 6.10. The van der Waals surface area contributed by atoms with Gasteiger partial charge in [0.2, 0.25) is 0 Å². The van der Waals surface area contributed by atoms with E-state index in [2.05, 4.69) is 20.8 Å². The molecule has 0 aromatic rings. The Labute approximate surface area is 82.9 Å². The van der Waals surface area contributed by atoms with Crippen LogP contribution < -0.4 is 0 Å². The summed E-state index contributed by atoms with van der Waals surface area (Å²) in [6, 6.07) is 0. The van der Waals surface area contributed by atoms with Crippen LogP contribution in [0.2, 0.25) is 0 Å². The molecule has 80 valence electrons. The number of rotatable bonds is 7. The summed E-state index contributed by atoms with van der Waals surface area (Å²) < 4.78 is 13.1. The molecule has 0 aliphatic carbocycles. The fourth-order valence-corrected chi connectivity index (χ4v) is 1.59. The predicted molar refractivity (Wildman–Crippen MR) is 57.7 cm³/mol. The molecule has 0 nitrogen and oxygen atoms in total. The van der Waals surface area contributed by atoms with E-state index in [0.717, 1.165) is 18.8 Å². The highest BCUT2D eigenvalue weighted by molar-refractivity contribution is 4.64. The number of hydrogen-bond donors (Lipinski definition) is 0. The molecule has 1 heteroatoms. The molecule has 0 saturated heterocycles. The van der Waals surface area contributed by atoms with Crippen LogP contribution >= 0.6 is 0 Å². The Bertz CT molecular complexity index is 110. The fraction of sp³-hybridized carbons (Fsp3) is 1.00. The van der Waals surface area contributed by atoms with Crippen molar-refractivity contribution in [3.8, 4) is 0 Å². The van der Waals surface area contributed by atoms with E-state index in [4.69, 9.17) is 0 Å². The third-order valence-electron chi connectivity index (χ3n) is 2.76. The quantitative estimate of drug-likeness (QED) is 0.548. The van der Waals surface area contributed by atoms with Gasteiger partial charge >= 0.3 is 0 Å². The van der Waals surface area contributed by atoms with Gasteiger partial charge in [-0.2, -0.15) is 0 Å². The molecule has 13 heavy (non-hydrogen) atoms. The Kier molecular flexibility index (Phi) is 7.31. The number of hydrogen-bond acceptors (Lipinski definition) is 0. The SMILES string of the molecule is CCC(F)CC(CC)CCC(C)C. The molecule has 0 heterocycles. The summed E-state index contributed by atoms with van der Waals surface area (Å²) in [7, 11) is 0. The van der Waals surface area contributed by atoms with Crippen molar-refractivity contribution in [2.24, 2.45) is 11.8 Å². The topological polar surface area (TPSA) is 0 Å². The summed E-state index contributed by atoms with van der Waals surface area (Å²) in [6.45, 7) is 8.58. The van der Waals surface area contributed by atoms with Gasteiger partial charge in [-0.05, 0) is 24.7 Å². The van der Waals surface area contributed by atoms with E-state index in [1.807, 2.05) is 6.92 Å². The van der Waals surface area contributed by atoms with Crippen LogP contribution in [0.5, 0.6) is 0 Å². The Morgan fingerprint density at radius 3 is 2.00 bits per heavy atom. The van der Waals surface area contributed by atoms with Crippen LogP contribution in [0.25, 0.3) is 0 Å². The van der Waals surface area contributed by atoms with Crippen LogP contribution in [-0.4, -0.2) is 6.17 Å². The third-order valence-corrected chi connectivity index (χ3v) is 2.76. The van der Waals surface area contributed by atoms with Crippen LogP contribution in [0, 0.1) is 11.8 Å². The van der Waals surface area contributed by atoms with E-state index in [-0.39, 0.29) is 0 Å². The van der Waals surface area contributed by atoms with Gasteiger partial charge in [-0.15, -0.1) is 0 Å². The lowest BCUT2D eigenvalue weighted by Gasteiger charge is -2.17. The first-order valence-electron chi connectivity index (χ1n) is 5.74. The van der Waals surface area contributed by atoms with Crippen molar-refractivity contribution in [3.05, 3.63) is 0 Å². The van der Waals surface area contributed by atoms with Crippen molar-refractivity contribution in [2.45, 2.75) is 66.0 Å². The smallest absolute Gasteiger partial charge is 0.100 e. The molecular weight excluding hydrogens is 163 g/mol. The van der Waals surface area contributed by atoms with E-state index in [9.17, 15) is 4.39 Å². The van der Waals surface area contributed by atoms with Gasteiger partial charge in [0.25, 0.3) is 0 Å². The highest BCUT2D eigenvalue weighted by Gasteiger charge is 2.13. The molecule has 2 atom stereocenters. The average molecular weight is 188 g/mol. The van der Waals surface area contributed by atoms with Crippen LogP contribution in [0.3, 0.4) is 0 Å². The van der Waals surface area contributed by atoms with E-state index in [1.165, 1.54) is 12.8 Å². The zero-order chi connectivity index (χ0) is 10.3. The van der Waals surface area contributed by atoms with Gasteiger partial charge in [0.15, 0.2) is 0 Å². The minimum atomic E-state index is -0.572. The standard InChI is InChI=1S/C12H25F/c1-5-11(8-7-10(3)4)9-12(13)6-2/h10-12H,5-9H2,1-4H3. The van der Waals surface area contributed by atoms with Crippen LogP contribution in [0.4, 0.5) is 4.39 Å². The first-order valence-corrected chi connectivity index (χ1v) is 5.74. The van der Waals surface area contributed by atoms with E-state index in [0.29, 0.717) is 12.3 Å². The molecule has 0 N–H and O–H groups in total. The molecule has 0 saturated carbocycles. The van der Waals surface area contributed by atoms with Gasteiger partial charge in [0.1, 0.15) is 6.17 Å². The van der Waals surface area contributed by atoms with Crippen molar-refractivity contribution in [3.63, 3.8) is 0 Å². The molecule has 0 fully saturated rings. The highest BCUT2D eigenvalue weighted by atomic mass is 19.1. The second-order valence-corrected chi connectivity index (χ2v) is 4.49. The third kappa shape index (κ3) is 7.04. The molecule has 0 aromatic carbocycles. The normalized spacial score (nSPS) is 16.2. The van der Waals surface area contributed by atoms with Crippen molar-refractivity contribution < 1.29 is 4.39 Å². The Morgan fingerprint density at radius 1 is 1.00 bits per heavy atom. The number of alkyl halides is 1. The number of halogens is 1. The van der Waals surface area contributed by atoms with Gasteiger partial charge in [-0.3, -0.25) is 0 Å². The predicted octanol–water partition coefficient (Wildman–Crippen LogP) is 4.59. The summed E-state index contributed by atoms with van der Waals surface area (Å²) in [5.41, 5.74) is 0. The molecule has 0 bridgehead atoms. The Hall–Kier alpha value is -0.0700. The maximum Gasteiger partial charge on any atom is 0.100 e. The fourth-order valence-electron chi connectivity index (χ4n) is 1.59. The summed E-state index contributed by atoms with van der Waals surface area (Å²) in [5, 5.41) is 0. The van der Waals surface area contributed by atoms with E-state index >= 15 is 0 Å². The van der Waals surface area contributed by atoms with Crippen LogP contribution in [-0.2, 0) is 0 Å². The zero-order valence-corrected chi connectivity index (χ0v) is 9.65. The minimum Gasteiger partial charge on any atom is -0.247 e. The Balaban J connectivity index is 3.62. The van der Waals surface area contributed by atoms with Crippen molar-refractivity contribution in [2.75, 3.05) is 0 Å². The lowest BCUT2D eigenvalue weighted by molar-refractivity contribution is 0.243. The lowest BCUT2D eigenvalue weighted by Crippen LogP contribution is -2.09. The first kappa shape index (κ1) is 12.9. The van der Waals surface area contributed by atoms with E-state index in [1.54, 1.807) is 0 Å². The van der Waals surface area contributed by atoms with Crippen LogP contribution in [0.1, 0.15) is 59.8 Å². The second kappa shape index (κ2) is 7.34. The van der Waals surface area contributed by atoms with Crippen molar-refractivity contribution in [1.29, 1.82) is 0 Å². The van der Waals surface area contributed by atoms with Gasteiger partial charge < -0.3 is 0 Å². The monoisotopic (exact) mass is 188 g/mol. The molecule has 0 amide bonds. The minimum absolute atomic E-state index is 0.572. The van der Waals surface area contributed by atoms with Gasteiger partial charge in [0.05, 0.1) is 0 Å². The average Bonchev–Trinajstić information content (AvgIpc) is 2.11. The molecule has 0 aliphatic rings. The lowest BCUT2D eigenvalue weighted by atomic mass is 9.91.